The molecule has 1 aliphatic carbocycles. The summed E-state index contributed by atoms with van der Waals surface area (Å²) in [6.07, 6.45) is -2.29. The Morgan fingerprint density at radius 1 is 1.24 bits per heavy atom. The van der Waals surface area contributed by atoms with E-state index in [0.717, 1.165) is 18.9 Å². The summed E-state index contributed by atoms with van der Waals surface area (Å²) in [7, 11) is 0. The summed E-state index contributed by atoms with van der Waals surface area (Å²) in [4.78, 5) is 12.5. The van der Waals surface area contributed by atoms with Gasteiger partial charge in [0.1, 0.15) is 12.0 Å². The van der Waals surface area contributed by atoms with Gasteiger partial charge in [0.2, 0.25) is 0 Å². The third-order valence-corrected chi connectivity index (χ3v) is 7.00. The van der Waals surface area contributed by atoms with E-state index in [2.05, 4.69) is 16.0 Å². The van der Waals surface area contributed by atoms with Crippen LogP contribution < -0.4 is 16.0 Å². The largest absolute Gasteiger partial charge is 0.417 e. The average Bonchev–Trinajstić information content (AvgIpc) is 2.76. The van der Waals surface area contributed by atoms with Crippen LogP contribution in [0.5, 0.6) is 0 Å². The van der Waals surface area contributed by atoms with Crippen molar-refractivity contribution in [2.45, 2.75) is 75.1 Å². The molecule has 186 valence electrons. The molecule has 3 N–H and O–H groups in total. The van der Waals surface area contributed by atoms with Crippen LogP contribution in [0.2, 0.25) is 0 Å². The summed E-state index contributed by atoms with van der Waals surface area (Å²) in [5.74, 6) is -1.55. The Balaban J connectivity index is 1.42. The zero-order chi connectivity index (χ0) is 24.3. The molecule has 34 heavy (non-hydrogen) atoms. The van der Waals surface area contributed by atoms with E-state index in [1.807, 2.05) is 6.07 Å². The molecule has 7 nitrogen and oxygen atoms in total. The van der Waals surface area contributed by atoms with E-state index in [1.54, 1.807) is 0 Å². The van der Waals surface area contributed by atoms with Gasteiger partial charge in [0.15, 0.2) is 5.60 Å². The number of anilines is 1. The van der Waals surface area contributed by atoms with E-state index in [1.165, 1.54) is 12.1 Å². The van der Waals surface area contributed by atoms with E-state index in [0.29, 0.717) is 32.2 Å². The number of nitriles is 1. The Morgan fingerprint density at radius 3 is 2.65 bits per heavy atom. The Labute approximate surface area is 195 Å². The van der Waals surface area contributed by atoms with Gasteiger partial charge in [-0.2, -0.15) is 18.4 Å². The number of piperidine rings is 1. The first kappa shape index (κ1) is 24.7. The van der Waals surface area contributed by atoms with Crippen molar-refractivity contribution in [1.82, 2.24) is 10.6 Å². The Kier molecular flexibility index (Phi) is 7.31. The molecule has 0 radical (unpaired) electrons. The first-order chi connectivity index (χ1) is 16.2. The lowest BCUT2D eigenvalue weighted by Gasteiger charge is -2.52. The van der Waals surface area contributed by atoms with Gasteiger partial charge in [-0.3, -0.25) is 5.32 Å². The van der Waals surface area contributed by atoms with Gasteiger partial charge in [-0.1, -0.05) is 12.8 Å². The number of nitrogens with one attached hydrogen (secondary N) is 3. The molecule has 2 saturated heterocycles. The summed E-state index contributed by atoms with van der Waals surface area (Å²) < 4.78 is 67.2. The number of ether oxygens (including phenoxy) is 2. The Hall–Kier alpha value is -2.42. The summed E-state index contributed by atoms with van der Waals surface area (Å²) in [5, 5.41) is 17.2. The fourth-order valence-electron chi connectivity index (χ4n) is 5.19. The van der Waals surface area contributed by atoms with Crippen LogP contribution in [0.4, 0.5) is 28.0 Å². The van der Waals surface area contributed by atoms with Crippen LogP contribution in [0.15, 0.2) is 18.2 Å². The number of urea groups is 1. The highest BCUT2D eigenvalue weighted by atomic mass is 19.4. The zero-order valence-electron chi connectivity index (χ0n) is 18.6. The van der Waals surface area contributed by atoms with Crippen molar-refractivity contribution in [1.29, 1.82) is 5.26 Å². The van der Waals surface area contributed by atoms with Crippen LogP contribution in [0, 0.1) is 23.1 Å². The fraction of sp³-hybridized carbons (Fsp3) is 0.652. The number of hydrogen-bond donors (Lipinski definition) is 3. The van der Waals surface area contributed by atoms with E-state index >= 15 is 0 Å². The first-order valence-corrected chi connectivity index (χ1v) is 11.6. The molecule has 1 aromatic rings. The minimum atomic E-state index is -4.47. The SMILES string of the molecule is N#Cc1ccc(NC(=O)NC2CCCNC2OC2CCCCC2C2(C(F)(F)F)CCO2)c(F)c1. The lowest BCUT2D eigenvalue weighted by Crippen LogP contribution is -2.65. The standard InChI is InChI=1S/C23H28F4N4O3/c24-16-12-14(13-28)7-8-17(16)30-21(32)31-18-5-3-10-29-20(18)34-19-6-2-1-4-15(19)22(9-11-33-22)23(25,26)27/h7-8,12,15,18-20,29H,1-6,9-11H2,(H2,30,31,32). The number of carbonyl (C=O) groups excluding carboxylic acids is 1. The molecule has 1 aromatic carbocycles. The molecular formula is C23H28F4N4O3. The topological polar surface area (TPSA) is 95.4 Å². The molecule has 2 amide bonds. The highest BCUT2D eigenvalue weighted by Crippen LogP contribution is 2.52. The summed E-state index contributed by atoms with van der Waals surface area (Å²) in [6.45, 7) is 0.688. The molecule has 3 aliphatic rings. The van der Waals surface area contributed by atoms with Crippen molar-refractivity contribution in [3.8, 4) is 6.07 Å². The van der Waals surface area contributed by atoms with E-state index in [-0.39, 0.29) is 24.3 Å². The molecule has 0 spiro atoms. The smallest absolute Gasteiger partial charge is 0.365 e. The Bertz CT molecular complexity index is 932. The molecule has 5 unspecified atom stereocenters. The van der Waals surface area contributed by atoms with Crippen molar-refractivity contribution < 1.29 is 31.8 Å². The number of benzene rings is 1. The summed E-state index contributed by atoms with van der Waals surface area (Å²) in [6, 6.07) is 4.34. The van der Waals surface area contributed by atoms with Gasteiger partial charge in [-0.15, -0.1) is 0 Å². The summed E-state index contributed by atoms with van der Waals surface area (Å²) in [5.41, 5.74) is -2.12. The molecule has 4 rings (SSSR count). The quantitative estimate of drug-likeness (QED) is 0.545. The van der Waals surface area contributed by atoms with Gasteiger partial charge < -0.3 is 20.1 Å². The monoisotopic (exact) mass is 484 g/mol. The van der Waals surface area contributed by atoms with Crippen LogP contribution in [0.1, 0.15) is 50.5 Å². The molecule has 5 atom stereocenters. The van der Waals surface area contributed by atoms with Gasteiger partial charge in [0.05, 0.1) is 36.1 Å². The average molecular weight is 484 g/mol. The highest BCUT2D eigenvalue weighted by molar-refractivity contribution is 5.89. The number of carbonyl (C=O) groups is 1. The van der Waals surface area contributed by atoms with Gasteiger partial charge in [0, 0.05) is 12.3 Å². The zero-order valence-corrected chi connectivity index (χ0v) is 18.6. The number of hydrogen-bond acceptors (Lipinski definition) is 5. The third kappa shape index (κ3) is 4.99. The second-order valence-corrected chi connectivity index (χ2v) is 9.08. The van der Waals surface area contributed by atoms with Crippen LogP contribution in [0.3, 0.4) is 0 Å². The molecule has 3 fully saturated rings. The molecule has 2 heterocycles. The van der Waals surface area contributed by atoms with E-state index in [4.69, 9.17) is 14.7 Å². The predicted octanol–water partition coefficient (Wildman–Crippen LogP) is 4.19. The first-order valence-electron chi connectivity index (χ1n) is 11.6. The van der Waals surface area contributed by atoms with Gasteiger partial charge >= 0.3 is 12.2 Å². The van der Waals surface area contributed by atoms with Gasteiger partial charge in [-0.25, -0.2) is 9.18 Å². The Morgan fingerprint density at radius 2 is 2.00 bits per heavy atom. The number of halogens is 4. The molecule has 0 aromatic heterocycles. The molecule has 0 bridgehead atoms. The number of amides is 2. The van der Waals surface area contributed by atoms with Crippen molar-refractivity contribution >= 4 is 11.7 Å². The lowest BCUT2D eigenvalue weighted by molar-refractivity contribution is -0.358. The molecular weight excluding hydrogens is 456 g/mol. The summed E-state index contributed by atoms with van der Waals surface area (Å²) >= 11 is 0. The fourth-order valence-corrected chi connectivity index (χ4v) is 5.19. The lowest BCUT2D eigenvalue weighted by atomic mass is 9.70. The highest BCUT2D eigenvalue weighted by Gasteiger charge is 2.66. The number of rotatable bonds is 5. The minimum absolute atomic E-state index is 0.0701. The maximum Gasteiger partial charge on any atom is 0.417 e. The second-order valence-electron chi connectivity index (χ2n) is 9.08. The second kappa shape index (κ2) is 10.1. The molecule has 11 heteroatoms. The van der Waals surface area contributed by atoms with Crippen LogP contribution in [-0.4, -0.2) is 49.3 Å². The predicted molar refractivity (Wildman–Crippen MR) is 114 cm³/mol. The van der Waals surface area contributed by atoms with Crippen LogP contribution >= 0.6 is 0 Å². The molecule has 2 aliphatic heterocycles. The number of alkyl halides is 3. The number of nitrogens with zero attached hydrogens (tertiary/aromatic N) is 1. The van der Waals surface area contributed by atoms with Gasteiger partial charge in [0.25, 0.3) is 0 Å². The van der Waals surface area contributed by atoms with Crippen LogP contribution in [-0.2, 0) is 9.47 Å². The minimum Gasteiger partial charge on any atom is -0.365 e. The van der Waals surface area contributed by atoms with E-state index < -0.39 is 47.9 Å². The van der Waals surface area contributed by atoms with Gasteiger partial charge in [-0.05, 0) is 50.4 Å². The third-order valence-electron chi connectivity index (χ3n) is 7.00. The maximum atomic E-state index is 14.1. The van der Waals surface area contributed by atoms with E-state index in [9.17, 15) is 22.4 Å². The van der Waals surface area contributed by atoms with Crippen molar-refractivity contribution in [3.63, 3.8) is 0 Å². The molecule has 1 saturated carbocycles. The van der Waals surface area contributed by atoms with Crippen LogP contribution in [0.25, 0.3) is 0 Å². The van der Waals surface area contributed by atoms with Crippen molar-refractivity contribution in [2.24, 2.45) is 5.92 Å². The maximum absolute atomic E-state index is 14.1. The van der Waals surface area contributed by atoms with Crippen molar-refractivity contribution in [3.05, 3.63) is 29.6 Å². The normalized spacial score (nSPS) is 31.7. The van der Waals surface area contributed by atoms with Crippen molar-refractivity contribution in [2.75, 3.05) is 18.5 Å².